The van der Waals surface area contributed by atoms with Crippen molar-refractivity contribution in [2.24, 2.45) is 0 Å². The molecule has 7 heterocycles. The summed E-state index contributed by atoms with van der Waals surface area (Å²) in [6, 6.07) is 45.9. The molecule has 0 spiro atoms. The molecule has 2 saturated heterocycles. The zero-order valence-corrected chi connectivity index (χ0v) is 37.9. The third kappa shape index (κ3) is 8.78. The lowest BCUT2D eigenvalue weighted by molar-refractivity contribution is -0.352. The van der Waals surface area contributed by atoms with Gasteiger partial charge >= 0.3 is 0 Å². The van der Waals surface area contributed by atoms with Crippen molar-refractivity contribution in [1.82, 2.24) is 19.9 Å². The third-order valence-electron chi connectivity index (χ3n) is 13.3. The van der Waals surface area contributed by atoms with Crippen LogP contribution in [-0.2, 0) is 14.2 Å². The number of aromatic nitrogens is 4. The Hall–Kier alpha value is -7.12. The van der Waals surface area contributed by atoms with Gasteiger partial charge in [-0.05, 0) is 83.0 Å². The van der Waals surface area contributed by atoms with Crippen LogP contribution in [0.3, 0.4) is 0 Å². The molecule has 9 N–H and O–H groups in total. The molecule has 0 aliphatic carbocycles. The van der Waals surface area contributed by atoms with Crippen LogP contribution in [0.15, 0.2) is 140 Å². The second-order valence-electron chi connectivity index (χ2n) is 17.7. The van der Waals surface area contributed by atoms with Gasteiger partial charge in [0.2, 0.25) is 6.29 Å². The Labute approximate surface area is 406 Å². The van der Waals surface area contributed by atoms with E-state index in [1.807, 2.05) is 91.0 Å². The minimum Gasteiger partial charge on any atom is -0.462 e. The summed E-state index contributed by atoms with van der Waals surface area (Å²) in [7, 11) is 0. The SMILES string of the molecule is OCC1O[C@@H](Oc2ccc(-c3c4nc(c(-c5ccccc5)c5ccc([nH]5)c(-c5ccccc5)c5nc(c(-c6ccccc6)c6ccc3[nH]6)C=C5)C=C4)cc2)C(O)[C@@H](O)[C@@H]1O[C@@H]1OC(CO)[C@H](O)[C@H](O)C1O. The Morgan fingerprint density at radius 3 is 1.20 bits per heavy atom. The second kappa shape index (κ2) is 19.6. The van der Waals surface area contributed by atoms with Crippen LogP contribution in [-0.4, -0.2) is 130 Å². The Morgan fingerprint density at radius 2 is 0.789 bits per heavy atom. The van der Waals surface area contributed by atoms with Crippen molar-refractivity contribution in [1.29, 1.82) is 0 Å². The Kier molecular flexibility index (Phi) is 12.8. The van der Waals surface area contributed by atoms with E-state index in [1.165, 1.54) is 0 Å². The van der Waals surface area contributed by atoms with E-state index >= 15 is 0 Å². The maximum Gasteiger partial charge on any atom is 0.229 e. The number of nitrogens with one attached hydrogen (secondary N) is 2. The summed E-state index contributed by atoms with van der Waals surface area (Å²) in [5, 5.41) is 73.5. The number of H-pyrrole nitrogens is 2. The van der Waals surface area contributed by atoms with Gasteiger partial charge in [0.15, 0.2) is 6.29 Å². The summed E-state index contributed by atoms with van der Waals surface area (Å²) in [4.78, 5) is 18.2. The van der Waals surface area contributed by atoms with E-state index in [2.05, 4.69) is 70.7 Å². The predicted octanol–water partition coefficient (Wildman–Crippen LogP) is 6.33. The summed E-state index contributed by atoms with van der Waals surface area (Å²) in [6.45, 7) is -1.41. The molecule has 360 valence electrons. The number of ether oxygens (including phenoxy) is 4. The van der Waals surface area contributed by atoms with Gasteiger partial charge in [0, 0.05) is 44.3 Å². The van der Waals surface area contributed by atoms with E-state index in [0.29, 0.717) is 5.69 Å². The number of hydrogen-bond acceptors (Lipinski definition) is 13. The molecule has 2 fully saturated rings. The Balaban J connectivity index is 1.01. The fraction of sp³-hybridized carbons (Fsp3) is 0.214. The molecule has 15 heteroatoms. The van der Waals surface area contributed by atoms with Crippen molar-refractivity contribution in [3.63, 3.8) is 0 Å². The van der Waals surface area contributed by atoms with E-state index < -0.39 is 74.6 Å². The highest BCUT2D eigenvalue weighted by Crippen LogP contribution is 2.39. The van der Waals surface area contributed by atoms with Crippen LogP contribution in [0.25, 0.3) is 90.9 Å². The molecule has 3 aromatic heterocycles. The number of aromatic amines is 2. The zero-order chi connectivity index (χ0) is 48.8. The van der Waals surface area contributed by atoms with Crippen molar-refractivity contribution in [2.45, 2.75) is 61.4 Å². The third-order valence-corrected chi connectivity index (χ3v) is 13.3. The topological polar surface area (TPSA) is 236 Å². The van der Waals surface area contributed by atoms with E-state index in [9.17, 15) is 35.7 Å². The molecule has 4 aliphatic rings. The molecule has 4 aliphatic heterocycles. The number of aliphatic hydroxyl groups excluding tert-OH is 7. The highest BCUT2D eigenvalue weighted by atomic mass is 16.7. The molecule has 8 bridgehead atoms. The first-order valence-electron chi connectivity index (χ1n) is 23.4. The van der Waals surface area contributed by atoms with E-state index in [0.717, 1.165) is 83.7 Å². The normalized spacial score (nSPS) is 25.1. The first-order valence-corrected chi connectivity index (χ1v) is 23.4. The van der Waals surface area contributed by atoms with Crippen LogP contribution < -0.4 is 4.74 Å². The monoisotopic (exact) mass is 954 g/mol. The van der Waals surface area contributed by atoms with Crippen LogP contribution in [0.1, 0.15) is 22.8 Å². The molecule has 4 aromatic carbocycles. The molecule has 10 atom stereocenters. The maximum absolute atomic E-state index is 11.3. The van der Waals surface area contributed by atoms with Gasteiger partial charge < -0.3 is 64.7 Å². The highest BCUT2D eigenvalue weighted by Gasteiger charge is 2.51. The molecule has 11 rings (SSSR count). The summed E-state index contributed by atoms with van der Waals surface area (Å²) < 4.78 is 23.2. The van der Waals surface area contributed by atoms with Gasteiger partial charge in [-0.15, -0.1) is 0 Å². The van der Waals surface area contributed by atoms with Crippen molar-refractivity contribution in [3.8, 4) is 50.3 Å². The molecule has 4 unspecified atom stereocenters. The fourth-order valence-electron chi connectivity index (χ4n) is 9.72. The number of aliphatic hydroxyl groups is 7. The first kappa shape index (κ1) is 46.3. The van der Waals surface area contributed by atoms with E-state index in [4.69, 9.17) is 28.9 Å². The van der Waals surface area contributed by atoms with Crippen LogP contribution in [0, 0.1) is 0 Å². The van der Waals surface area contributed by atoms with Gasteiger partial charge in [-0.2, -0.15) is 0 Å². The first-order chi connectivity index (χ1) is 34.7. The summed E-state index contributed by atoms with van der Waals surface area (Å²) in [6.07, 6.45) is -7.71. The molecular weight excluding hydrogens is 905 g/mol. The van der Waals surface area contributed by atoms with Gasteiger partial charge in [-0.25, -0.2) is 9.97 Å². The zero-order valence-electron chi connectivity index (χ0n) is 37.9. The lowest BCUT2D eigenvalue weighted by atomic mass is 9.97. The highest BCUT2D eigenvalue weighted by molar-refractivity contribution is 5.99. The molecule has 0 saturated carbocycles. The van der Waals surface area contributed by atoms with Gasteiger partial charge in [0.1, 0.15) is 54.6 Å². The van der Waals surface area contributed by atoms with E-state index in [1.54, 1.807) is 12.1 Å². The molecule has 7 aromatic rings. The summed E-state index contributed by atoms with van der Waals surface area (Å²) in [5.41, 5.74) is 13.7. The summed E-state index contributed by atoms with van der Waals surface area (Å²) in [5.74, 6) is 0.263. The molecule has 0 amide bonds. The Bertz CT molecular complexity index is 3230. The van der Waals surface area contributed by atoms with Gasteiger partial charge in [-0.1, -0.05) is 103 Å². The minimum atomic E-state index is -1.79. The van der Waals surface area contributed by atoms with Crippen LogP contribution >= 0.6 is 0 Å². The quantitative estimate of drug-likeness (QED) is 0.0731. The maximum atomic E-state index is 11.3. The largest absolute Gasteiger partial charge is 0.462 e. The van der Waals surface area contributed by atoms with Crippen LogP contribution in [0.2, 0.25) is 0 Å². The fourth-order valence-corrected chi connectivity index (χ4v) is 9.72. The van der Waals surface area contributed by atoms with Gasteiger partial charge in [0.25, 0.3) is 0 Å². The number of hydrogen-bond donors (Lipinski definition) is 9. The van der Waals surface area contributed by atoms with E-state index in [-0.39, 0.29) is 5.75 Å². The number of benzene rings is 4. The van der Waals surface area contributed by atoms with Crippen LogP contribution in [0.4, 0.5) is 0 Å². The number of nitrogens with zero attached hydrogens (tertiary/aromatic N) is 2. The number of rotatable bonds is 10. The minimum absolute atomic E-state index is 0.263. The second-order valence-corrected chi connectivity index (χ2v) is 17.7. The molecule has 15 nitrogen and oxygen atoms in total. The predicted molar refractivity (Wildman–Crippen MR) is 268 cm³/mol. The lowest BCUT2D eigenvalue weighted by Crippen LogP contribution is -2.65. The van der Waals surface area contributed by atoms with Gasteiger partial charge in [0.05, 0.1) is 36.0 Å². The average molecular weight is 955 g/mol. The molecule has 0 radical (unpaired) electrons. The Morgan fingerprint density at radius 1 is 0.408 bits per heavy atom. The number of fused-ring (bicyclic) bond motifs is 8. The average Bonchev–Trinajstić information content (AvgIpc) is 4.26. The van der Waals surface area contributed by atoms with Crippen molar-refractivity contribution in [3.05, 3.63) is 162 Å². The van der Waals surface area contributed by atoms with Gasteiger partial charge in [-0.3, -0.25) is 0 Å². The standard InChI is InChI=1S/C56H50N4O11/c61-28-43-49(63)50(64)52(66)56(69-43)71-54-44(29-62)70-55(53(67)51(54)65)68-34-18-16-33(17-19-34)48-41-26-24-39(59-41)46(31-12-6-2-7-13-31)37-22-20-35(57-37)45(30-10-4-1-5-11-30)36-21-23-38(58-36)47(32-14-8-3-9-15-32)40-25-27-42(48)60-40/h1-27,43-44,49-57,60-67H,28-29H2/t43?,44?,49-,50-,51+,52?,53?,54+,55+,56-/m0/s1. The molecule has 71 heavy (non-hydrogen) atoms. The van der Waals surface area contributed by atoms with Crippen molar-refractivity contribution in [2.75, 3.05) is 13.2 Å². The molecular formula is C56H50N4O11. The van der Waals surface area contributed by atoms with Crippen molar-refractivity contribution < 1.29 is 54.7 Å². The summed E-state index contributed by atoms with van der Waals surface area (Å²) >= 11 is 0. The lowest BCUT2D eigenvalue weighted by Gasteiger charge is -2.45. The van der Waals surface area contributed by atoms with Crippen molar-refractivity contribution >= 4 is 46.4 Å². The van der Waals surface area contributed by atoms with Crippen LogP contribution in [0.5, 0.6) is 5.75 Å². The smallest absolute Gasteiger partial charge is 0.229 e.